The summed E-state index contributed by atoms with van der Waals surface area (Å²) in [6.07, 6.45) is 0.842. The molecule has 0 spiro atoms. The van der Waals surface area contributed by atoms with Gasteiger partial charge in [-0.25, -0.2) is 0 Å². The molecular formula is C8H16N2O2. The minimum absolute atomic E-state index is 0.0124. The van der Waals surface area contributed by atoms with Gasteiger partial charge in [-0.3, -0.25) is 9.59 Å². The van der Waals surface area contributed by atoms with Crippen molar-refractivity contribution < 1.29 is 9.59 Å². The Morgan fingerprint density at radius 1 is 1.33 bits per heavy atom. The first kappa shape index (κ1) is 10.9. The number of carbonyl (C=O) groups is 2. The van der Waals surface area contributed by atoms with Crippen molar-refractivity contribution in [2.45, 2.75) is 19.8 Å². The van der Waals surface area contributed by atoms with Crippen LogP contribution in [0.5, 0.6) is 0 Å². The molecule has 12 heavy (non-hydrogen) atoms. The van der Waals surface area contributed by atoms with E-state index in [1.165, 1.54) is 4.90 Å². The summed E-state index contributed by atoms with van der Waals surface area (Å²) in [5.41, 5.74) is 0. The number of hydrogen-bond acceptors (Lipinski definition) is 2. The molecular weight excluding hydrogens is 156 g/mol. The Bertz CT molecular complexity index is 166. The van der Waals surface area contributed by atoms with Crippen LogP contribution in [-0.2, 0) is 9.59 Å². The van der Waals surface area contributed by atoms with Crippen LogP contribution in [0.1, 0.15) is 19.8 Å². The molecule has 0 aliphatic carbocycles. The van der Waals surface area contributed by atoms with Crippen LogP contribution in [0.15, 0.2) is 0 Å². The highest BCUT2D eigenvalue weighted by Crippen LogP contribution is 1.85. The molecule has 0 aromatic heterocycles. The van der Waals surface area contributed by atoms with Crippen molar-refractivity contribution in [3.05, 3.63) is 0 Å². The SMILES string of the molecule is CCC(=O)NCCC(=O)N(C)C. The Hall–Kier alpha value is -1.06. The maximum Gasteiger partial charge on any atom is 0.223 e. The van der Waals surface area contributed by atoms with E-state index in [-0.39, 0.29) is 11.8 Å². The molecule has 0 aliphatic heterocycles. The van der Waals surface area contributed by atoms with Gasteiger partial charge in [0.05, 0.1) is 0 Å². The molecule has 4 heteroatoms. The van der Waals surface area contributed by atoms with E-state index in [1.807, 2.05) is 0 Å². The van der Waals surface area contributed by atoms with Gasteiger partial charge in [0.1, 0.15) is 0 Å². The van der Waals surface area contributed by atoms with Gasteiger partial charge in [-0.2, -0.15) is 0 Å². The van der Waals surface area contributed by atoms with Crippen molar-refractivity contribution >= 4 is 11.8 Å². The summed E-state index contributed by atoms with van der Waals surface area (Å²) in [7, 11) is 3.40. The average molecular weight is 172 g/mol. The fourth-order valence-electron chi connectivity index (χ4n) is 0.657. The molecule has 0 saturated heterocycles. The number of carbonyl (C=O) groups excluding carboxylic acids is 2. The van der Waals surface area contributed by atoms with Gasteiger partial charge < -0.3 is 10.2 Å². The third-order valence-corrected chi connectivity index (χ3v) is 1.48. The van der Waals surface area contributed by atoms with Crippen LogP contribution in [0.2, 0.25) is 0 Å². The van der Waals surface area contributed by atoms with Gasteiger partial charge in [0.25, 0.3) is 0 Å². The van der Waals surface area contributed by atoms with E-state index in [0.29, 0.717) is 19.4 Å². The topological polar surface area (TPSA) is 49.4 Å². The van der Waals surface area contributed by atoms with Crippen LogP contribution in [0.4, 0.5) is 0 Å². The lowest BCUT2D eigenvalue weighted by Gasteiger charge is -2.09. The number of hydrogen-bond donors (Lipinski definition) is 1. The number of amides is 2. The summed E-state index contributed by atoms with van der Waals surface area (Å²) >= 11 is 0. The lowest BCUT2D eigenvalue weighted by Crippen LogP contribution is -2.29. The molecule has 0 bridgehead atoms. The predicted molar refractivity (Wildman–Crippen MR) is 46.6 cm³/mol. The van der Waals surface area contributed by atoms with E-state index in [9.17, 15) is 9.59 Å². The van der Waals surface area contributed by atoms with Crippen LogP contribution in [0.25, 0.3) is 0 Å². The Balaban J connectivity index is 3.44. The second-order valence-electron chi connectivity index (χ2n) is 2.74. The highest BCUT2D eigenvalue weighted by atomic mass is 16.2. The maximum absolute atomic E-state index is 11.0. The monoisotopic (exact) mass is 172 g/mol. The fourth-order valence-corrected chi connectivity index (χ4v) is 0.657. The zero-order valence-corrected chi connectivity index (χ0v) is 7.89. The molecule has 0 unspecified atom stereocenters. The van der Waals surface area contributed by atoms with Gasteiger partial charge in [0, 0.05) is 33.5 Å². The van der Waals surface area contributed by atoms with Crippen molar-refractivity contribution in [3.63, 3.8) is 0 Å². The van der Waals surface area contributed by atoms with Gasteiger partial charge in [-0.15, -0.1) is 0 Å². The van der Waals surface area contributed by atoms with Crippen molar-refractivity contribution in [3.8, 4) is 0 Å². The van der Waals surface area contributed by atoms with Gasteiger partial charge in [0.15, 0.2) is 0 Å². The van der Waals surface area contributed by atoms with Crippen LogP contribution >= 0.6 is 0 Å². The standard InChI is InChI=1S/C8H16N2O2/c1-4-7(11)9-6-5-8(12)10(2)3/h4-6H2,1-3H3,(H,9,11). The number of nitrogens with zero attached hydrogens (tertiary/aromatic N) is 1. The fraction of sp³-hybridized carbons (Fsp3) is 0.750. The van der Waals surface area contributed by atoms with Gasteiger partial charge in [-0.05, 0) is 0 Å². The smallest absolute Gasteiger partial charge is 0.223 e. The van der Waals surface area contributed by atoms with E-state index < -0.39 is 0 Å². The third kappa shape index (κ3) is 4.71. The van der Waals surface area contributed by atoms with E-state index in [0.717, 1.165) is 0 Å². The molecule has 0 heterocycles. The molecule has 0 saturated carbocycles. The van der Waals surface area contributed by atoms with Crippen molar-refractivity contribution in [2.75, 3.05) is 20.6 Å². The summed E-state index contributed by atoms with van der Waals surface area (Å²) in [6.45, 7) is 2.22. The highest BCUT2D eigenvalue weighted by Gasteiger charge is 2.03. The predicted octanol–water partition coefficient (Wildman–Crippen LogP) is -0.00910. The summed E-state index contributed by atoms with van der Waals surface area (Å²) in [5.74, 6) is 0.0213. The molecule has 0 rings (SSSR count). The van der Waals surface area contributed by atoms with Crippen molar-refractivity contribution in [1.82, 2.24) is 10.2 Å². The Kier molecular flexibility index (Phi) is 5.08. The molecule has 0 atom stereocenters. The molecule has 70 valence electrons. The molecule has 4 nitrogen and oxygen atoms in total. The number of rotatable bonds is 4. The van der Waals surface area contributed by atoms with Crippen LogP contribution in [0.3, 0.4) is 0 Å². The van der Waals surface area contributed by atoms with E-state index in [1.54, 1.807) is 21.0 Å². The lowest BCUT2D eigenvalue weighted by molar-refractivity contribution is -0.128. The summed E-state index contributed by atoms with van der Waals surface area (Å²) in [6, 6.07) is 0. The summed E-state index contributed by atoms with van der Waals surface area (Å²) in [4.78, 5) is 23.2. The van der Waals surface area contributed by atoms with E-state index in [4.69, 9.17) is 0 Å². The minimum atomic E-state index is -0.0124. The van der Waals surface area contributed by atoms with E-state index >= 15 is 0 Å². The number of nitrogens with one attached hydrogen (secondary N) is 1. The average Bonchev–Trinajstić information content (AvgIpc) is 2.03. The molecule has 1 N–H and O–H groups in total. The lowest BCUT2D eigenvalue weighted by atomic mass is 10.3. The summed E-state index contributed by atoms with van der Waals surface area (Å²) in [5, 5.41) is 2.63. The molecule has 0 aromatic carbocycles. The zero-order valence-electron chi connectivity index (χ0n) is 7.89. The second-order valence-corrected chi connectivity index (χ2v) is 2.74. The first-order valence-electron chi connectivity index (χ1n) is 4.04. The third-order valence-electron chi connectivity index (χ3n) is 1.48. The molecule has 0 aromatic rings. The van der Waals surface area contributed by atoms with Crippen LogP contribution < -0.4 is 5.32 Å². The first-order valence-corrected chi connectivity index (χ1v) is 4.04. The van der Waals surface area contributed by atoms with Crippen molar-refractivity contribution in [1.29, 1.82) is 0 Å². The Morgan fingerprint density at radius 3 is 2.33 bits per heavy atom. The van der Waals surface area contributed by atoms with Crippen molar-refractivity contribution in [2.24, 2.45) is 0 Å². The zero-order chi connectivity index (χ0) is 9.56. The first-order chi connectivity index (χ1) is 5.57. The van der Waals surface area contributed by atoms with Crippen LogP contribution in [-0.4, -0.2) is 37.4 Å². The van der Waals surface area contributed by atoms with E-state index in [2.05, 4.69) is 5.32 Å². The van der Waals surface area contributed by atoms with Gasteiger partial charge in [0.2, 0.25) is 11.8 Å². The largest absolute Gasteiger partial charge is 0.356 e. The summed E-state index contributed by atoms with van der Waals surface area (Å²) < 4.78 is 0. The Morgan fingerprint density at radius 2 is 1.92 bits per heavy atom. The minimum Gasteiger partial charge on any atom is -0.356 e. The highest BCUT2D eigenvalue weighted by molar-refractivity contribution is 5.78. The Labute approximate surface area is 72.9 Å². The molecule has 2 amide bonds. The van der Waals surface area contributed by atoms with Gasteiger partial charge >= 0.3 is 0 Å². The van der Waals surface area contributed by atoms with Gasteiger partial charge in [-0.1, -0.05) is 6.92 Å². The maximum atomic E-state index is 11.0. The second kappa shape index (κ2) is 5.57. The normalized spacial score (nSPS) is 9.25. The van der Waals surface area contributed by atoms with Crippen LogP contribution in [0, 0.1) is 0 Å². The quantitative estimate of drug-likeness (QED) is 0.648. The molecule has 0 radical (unpaired) electrons. The molecule has 0 fully saturated rings. The molecule has 0 aliphatic rings.